The molecule has 4 nitrogen and oxygen atoms in total. The number of aromatic carboxylic acids is 1. The molecule has 0 saturated heterocycles. The average molecular weight is 425 g/mol. The number of hydrogen-bond donors (Lipinski definition) is 2. The molecule has 0 bridgehead atoms. The number of carboxylic acids is 1. The van der Waals surface area contributed by atoms with Crippen LogP contribution in [0.25, 0.3) is 22.4 Å². The number of carboxylic acid groups (broad SMARTS) is 1. The van der Waals surface area contributed by atoms with Crippen LogP contribution in [0.4, 0.5) is 10.8 Å². The minimum atomic E-state index is -0.902. The van der Waals surface area contributed by atoms with E-state index in [0.717, 1.165) is 27.0 Å². The van der Waals surface area contributed by atoms with Gasteiger partial charge in [-0.15, -0.1) is 34.4 Å². The lowest BCUT2D eigenvalue weighted by Crippen LogP contribution is -1.95. The third-order valence-electron chi connectivity index (χ3n) is 4.18. The van der Waals surface area contributed by atoms with Crippen molar-refractivity contribution in [2.75, 3.05) is 11.6 Å². The summed E-state index contributed by atoms with van der Waals surface area (Å²) in [6.45, 7) is 0. The van der Waals surface area contributed by atoms with Crippen molar-refractivity contribution >= 4 is 51.2 Å². The van der Waals surface area contributed by atoms with Gasteiger partial charge in [0, 0.05) is 16.3 Å². The van der Waals surface area contributed by atoms with E-state index in [2.05, 4.69) is 46.7 Å². The number of nitrogens with zero attached hydrogens (tertiary/aromatic N) is 1. The lowest BCUT2D eigenvalue weighted by atomic mass is 10.0. The summed E-state index contributed by atoms with van der Waals surface area (Å²) >= 11 is 4.15. The van der Waals surface area contributed by atoms with Crippen molar-refractivity contribution in [3.05, 3.63) is 70.2 Å². The first-order valence-electron chi connectivity index (χ1n) is 8.43. The van der Waals surface area contributed by atoms with E-state index in [1.54, 1.807) is 0 Å². The van der Waals surface area contributed by atoms with E-state index in [4.69, 9.17) is 0 Å². The van der Waals surface area contributed by atoms with E-state index in [-0.39, 0.29) is 0 Å². The van der Waals surface area contributed by atoms with Gasteiger partial charge >= 0.3 is 5.97 Å². The van der Waals surface area contributed by atoms with Crippen molar-refractivity contribution in [1.82, 2.24) is 4.98 Å². The molecule has 2 aromatic carbocycles. The molecule has 28 heavy (non-hydrogen) atoms. The number of benzene rings is 2. The van der Waals surface area contributed by atoms with Gasteiger partial charge in [-0.25, -0.2) is 9.78 Å². The van der Waals surface area contributed by atoms with Gasteiger partial charge in [0.1, 0.15) is 4.88 Å². The highest BCUT2D eigenvalue weighted by Crippen LogP contribution is 2.38. The van der Waals surface area contributed by atoms with E-state index in [1.165, 1.54) is 45.6 Å². The second-order valence-electron chi connectivity index (χ2n) is 5.92. The van der Waals surface area contributed by atoms with Crippen LogP contribution in [0, 0.1) is 0 Å². The molecular formula is C21H16N2O2S3. The van der Waals surface area contributed by atoms with Gasteiger partial charge in [0.15, 0.2) is 5.13 Å². The summed E-state index contributed by atoms with van der Waals surface area (Å²) in [6, 6.07) is 18.6. The minimum Gasteiger partial charge on any atom is -0.477 e. The Labute approximate surface area is 174 Å². The predicted octanol–water partition coefficient (Wildman–Crippen LogP) is 6.70. The van der Waals surface area contributed by atoms with Crippen molar-refractivity contribution in [3.63, 3.8) is 0 Å². The Morgan fingerprint density at radius 1 is 0.964 bits per heavy atom. The zero-order chi connectivity index (χ0) is 19.5. The number of thiazole rings is 1. The Bertz CT molecular complexity index is 1100. The van der Waals surface area contributed by atoms with Gasteiger partial charge in [0.2, 0.25) is 0 Å². The van der Waals surface area contributed by atoms with E-state index in [1.807, 2.05) is 35.2 Å². The van der Waals surface area contributed by atoms with E-state index >= 15 is 0 Å². The van der Waals surface area contributed by atoms with Crippen molar-refractivity contribution in [2.45, 2.75) is 4.90 Å². The lowest BCUT2D eigenvalue weighted by molar-refractivity contribution is 0.0699. The number of thiophene rings is 1. The van der Waals surface area contributed by atoms with E-state index < -0.39 is 5.97 Å². The normalized spacial score (nSPS) is 10.8. The van der Waals surface area contributed by atoms with Crippen LogP contribution in [-0.2, 0) is 0 Å². The molecule has 0 radical (unpaired) electrons. The fourth-order valence-corrected chi connectivity index (χ4v) is 5.36. The van der Waals surface area contributed by atoms with Gasteiger partial charge < -0.3 is 10.4 Å². The molecule has 2 heterocycles. The van der Waals surface area contributed by atoms with Crippen LogP contribution in [0.5, 0.6) is 0 Å². The predicted molar refractivity (Wildman–Crippen MR) is 119 cm³/mol. The topological polar surface area (TPSA) is 62.2 Å². The molecule has 0 saturated carbocycles. The van der Waals surface area contributed by atoms with Gasteiger partial charge in [-0.2, -0.15) is 0 Å². The Hall–Kier alpha value is -2.61. The first kappa shape index (κ1) is 18.7. The summed E-state index contributed by atoms with van der Waals surface area (Å²) in [6.07, 6.45) is 1.88. The summed E-state index contributed by atoms with van der Waals surface area (Å²) in [7, 11) is 0. The summed E-state index contributed by atoms with van der Waals surface area (Å²) in [5, 5.41) is 17.1. The van der Waals surface area contributed by atoms with Crippen molar-refractivity contribution in [3.8, 4) is 22.4 Å². The summed E-state index contributed by atoms with van der Waals surface area (Å²) in [5.41, 5.74) is 5.08. The quantitative estimate of drug-likeness (QED) is 0.337. The number of carbonyl (C=O) groups is 1. The standard InChI is InChI=1S/C21H16N2O2S3/c1-26-18-17(12-27-19(18)20(24)25)23-21-22-16(11-28-21)15-9-7-14(8-10-15)13-5-3-2-4-6-13/h2-12H,1H3,(H,22,23)(H,24,25). The van der Waals surface area contributed by atoms with Crippen LogP contribution in [0.1, 0.15) is 9.67 Å². The number of aromatic nitrogens is 1. The van der Waals surface area contributed by atoms with Crippen LogP contribution < -0.4 is 5.32 Å². The smallest absolute Gasteiger partial charge is 0.347 e. The molecule has 7 heteroatoms. The van der Waals surface area contributed by atoms with Crippen LogP contribution in [-0.4, -0.2) is 22.3 Å². The first-order chi connectivity index (χ1) is 13.7. The van der Waals surface area contributed by atoms with Crippen molar-refractivity contribution in [2.24, 2.45) is 0 Å². The van der Waals surface area contributed by atoms with Gasteiger partial charge in [-0.1, -0.05) is 54.6 Å². The molecular weight excluding hydrogens is 408 g/mol. The molecule has 2 aromatic heterocycles. The van der Waals surface area contributed by atoms with Crippen LogP contribution in [0.2, 0.25) is 0 Å². The Balaban J connectivity index is 1.54. The lowest BCUT2D eigenvalue weighted by Gasteiger charge is -2.04. The SMILES string of the molecule is CSc1c(Nc2nc(-c3ccc(-c4ccccc4)cc3)cs2)csc1C(=O)O. The molecule has 0 unspecified atom stereocenters. The highest BCUT2D eigenvalue weighted by molar-refractivity contribution is 7.99. The average Bonchev–Trinajstić information content (AvgIpc) is 3.36. The Kier molecular flexibility index (Phi) is 5.47. The Morgan fingerprint density at radius 2 is 1.64 bits per heavy atom. The van der Waals surface area contributed by atoms with Crippen LogP contribution in [0.15, 0.2) is 70.3 Å². The second-order valence-corrected chi connectivity index (χ2v) is 8.48. The maximum Gasteiger partial charge on any atom is 0.347 e. The van der Waals surface area contributed by atoms with Crippen LogP contribution in [0.3, 0.4) is 0 Å². The maximum atomic E-state index is 11.3. The third-order valence-corrected chi connectivity index (χ3v) is 6.86. The largest absolute Gasteiger partial charge is 0.477 e. The molecule has 0 fully saturated rings. The summed E-state index contributed by atoms with van der Waals surface area (Å²) < 4.78 is 0. The molecule has 140 valence electrons. The van der Waals surface area contributed by atoms with Gasteiger partial charge in [0.05, 0.1) is 16.3 Å². The maximum absolute atomic E-state index is 11.3. The summed E-state index contributed by atoms with van der Waals surface area (Å²) in [4.78, 5) is 17.1. The monoisotopic (exact) mass is 424 g/mol. The number of hydrogen-bond acceptors (Lipinski definition) is 6. The van der Waals surface area contributed by atoms with Crippen molar-refractivity contribution in [1.29, 1.82) is 0 Å². The van der Waals surface area contributed by atoms with Crippen LogP contribution >= 0.6 is 34.4 Å². The first-order valence-corrected chi connectivity index (χ1v) is 11.4. The highest BCUT2D eigenvalue weighted by Gasteiger charge is 2.17. The fraction of sp³-hybridized carbons (Fsp3) is 0.0476. The molecule has 0 aliphatic rings. The molecule has 4 aromatic rings. The molecule has 0 aliphatic heterocycles. The van der Waals surface area contributed by atoms with Gasteiger partial charge in [-0.3, -0.25) is 0 Å². The Morgan fingerprint density at radius 3 is 2.32 bits per heavy atom. The fourth-order valence-electron chi connectivity index (χ4n) is 2.83. The number of rotatable bonds is 6. The molecule has 0 atom stereocenters. The van der Waals surface area contributed by atoms with Gasteiger partial charge in [-0.05, 0) is 17.4 Å². The summed E-state index contributed by atoms with van der Waals surface area (Å²) in [5.74, 6) is -0.902. The number of anilines is 2. The third kappa shape index (κ3) is 3.82. The number of nitrogens with one attached hydrogen (secondary N) is 1. The van der Waals surface area contributed by atoms with Gasteiger partial charge in [0.25, 0.3) is 0 Å². The zero-order valence-electron chi connectivity index (χ0n) is 14.9. The van der Waals surface area contributed by atoms with Crippen molar-refractivity contribution < 1.29 is 9.90 Å². The molecule has 0 aliphatic carbocycles. The minimum absolute atomic E-state index is 0.350. The molecule has 0 amide bonds. The second kappa shape index (κ2) is 8.18. The molecule has 2 N–H and O–H groups in total. The zero-order valence-corrected chi connectivity index (χ0v) is 17.3. The highest BCUT2D eigenvalue weighted by atomic mass is 32.2. The molecule has 4 rings (SSSR count). The molecule has 0 spiro atoms. The van der Waals surface area contributed by atoms with E-state index in [9.17, 15) is 9.90 Å². The number of thioether (sulfide) groups is 1. The van der Waals surface area contributed by atoms with E-state index in [0.29, 0.717) is 4.88 Å².